The van der Waals surface area contributed by atoms with E-state index in [0.29, 0.717) is 24.8 Å². The number of aliphatic hydroxyl groups excluding tert-OH is 3. The van der Waals surface area contributed by atoms with Gasteiger partial charge >= 0.3 is 5.97 Å². The molecule has 6 nitrogen and oxygen atoms in total. The van der Waals surface area contributed by atoms with Crippen LogP contribution >= 0.6 is 27.3 Å². The van der Waals surface area contributed by atoms with Crippen molar-refractivity contribution >= 4 is 33.2 Å². The monoisotopic (exact) mass is 606 g/mol. The number of carbonyl (C=O) groups is 1. The lowest BCUT2D eigenvalue weighted by molar-refractivity contribution is 0.0110. The van der Waals surface area contributed by atoms with E-state index in [1.54, 1.807) is 42.7 Å². The molecule has 1 aliphatic carbocycles. The Bertz CT molecular complexity index is 1020. The number of rotatable bonds is 15. The molecular weight excluding hydrogens is 568 g/mol. The van der Waals surface area contributed by atoms with Gasteiger partial charge in [0, 0.05) is 24.3 Å². The van der Waals surface area contributed by atoms with Crippen molar-refractivity contribution < 1.29 is 29.6 Å². The lowest BCUT2D eigenvalue weighted by Gasteiger charge is -2.20. The molecule has 1 aliphatic rings. The molecule has 8 heteroatoms. The first kappa shape index (κ1) is 30.7. The fourth-order valence-electron chi connectivity index (χ4n) is 4.84. The Morgan fingerprint density at radius 1 is 1.13 bits per heavy atom. The van der Waals surface area contributed by atoms with E-state index in [0.717, 1.165) is 29.5 Å². The van der Waals surface area contributed by atoms with Crippen LogP contribution in [0.4, 0.5) is 0 Å². The number of methoxy groups -OCH3 is 1. The van der Waals surface area contributed by atoms with E-state index in [4.69, 9.17) is 9.47 Å². The van der Waals surface area contributed by atoms with Crippen LogP contribution in [0.15, 0.2) is 70.6 Å². The van der Waals surface area contributed by atoms with Crippen molar-refractivity contribution in [1.82, 2.24) is 0 Å². The number of thiophene rings is 1. The fraction of sp³-hybridized carbons (Fsp3) is 0.500. The zero-order valence-corrected chi connectivity index (χ0v) is 24.2. The summed E-state index contributed by atoms with van der Waals surface area (Å²) in [6.07, 6.45) is 11.4. The number of hydrogen-bond donors (Lipinski definition) is 3. The Labute approximate surface area is 238 Å². The average Bonchev–Trinajstić information content (AvgIpc) is 3.46. The van der Waals surface area contributed by atoms with Gasteiger partial charge in [-0.25, -0.2) is 4.79 Å². The van der Waals surface area contributed by atoms with Crippen LogP contribution in [0.2, 0.25) is 0 Å². The second kappa shape index (κ2) is 16.3. The predicted octanol–water partition coefficient (Wildman–Crippen LogP) is 5.71. The first-order valence-electron chi connectivity index (χ1n) is 13.2. The molecule has 208 valence electrons. The van der Waals surface area contributed by atoms with Gasteiger partial charge in [0.15, 0.2) is 0 Å². The Morgan fingerprint density at radius 3 is 2.61 bits per heavy atom. The number of aliphatic hydroxyl groups is 3. The van der Waals surface area contributed by atoms with E-state index in [2.05, 4.69) is 40.2 Å². The van der Waals surface area contributed by atoms with Gasteiger partial charge in [-0.2, -0.15) is 0 Å². The maximum Gasteiger partial charge on any atom is 0.338 e. The summed E-state index contributed by atoms with van der Waals surface area (Å²) in [5, 5.41) is 30.7. The molecule has 3 N–H and O–H groups in total. The summed E-state index contributed by atoms with van der Waals surface area (Å²) in [7, 11) is 1.70. The molecule has 1 heterocycles. The van der Waals surface area contributed by atoms with E-state index in [9.17, 15) is 20.1 Å². The van der Waals surface area contributed by atoms with Crippen molar-refractivity contribution in [2.24, 2.45) is 11.8 Å². The van der Waals surface area contributed by atoms with E-state index in [-0.39, 0.29) is 24.5 Å². The van der Waals surface area contributed by atoms with Crippen LogP contribution in [-0.4, -0.2) is 59.4 Å². The lowest BCUT2D eigenvalue weighted by Crippen LogP contribution is -2.22. The molecule has 1 aromatic carbocycles. The van der Waals surface area contributed by atoms with Crippen LogP contribution in [0.1, 0.15) is 53.8 Å². The molecule has 0 radical (unpaired) electrons. The highest BCUT2D eigenvalue weighted by Gasteiger charge is 2.39. The molecular formula is C30H39BrO6S. The van der Waals surface area contributed by atoms with E-state index in [1.165, 1.54) is 4.88 Å². The Morgan fingerprint density at radius 2 is 1.92 bits per heavy atom. The fourth-order valence-corrected chi connectivity index (χ4v) is 6.34. The minimum Gasteiger partial charge on any atom is -0.456 e. The third kappa shape index (κ3) is 9.74. The molecule has 1 saturated carbocycles. The van der Waals surface area contributed by atoms with Gasteiger partial charge < -0.3 is 24.8 Å². The summed E-state index contributed by atoms with van der Waals surface area (Å²) >= 11 is 5.22. The van der Waals surface area contributed by atoms with Crippen molar-refractivity contribution in [3.8, 4) is 0 Å². The lowest BCUT2D eigenvalue weighted by atomic mass is 9.89. The van der Waals surface area contributed by atoms with Gasteiger partial charge in [-0.15, -0.1) is 11.3 Å². The number of aryl methyl sites for hydroxylation is 1. The van der Waals surface area contributed by atoms with E-state index >= 15 is 0 Å². The van der Waals surface area contributed by atoms with Gasteiger partial charge in [-0.1, -0.05) is 42.5 Å². The maximum atomic E-state index is 12.2. The van der Waals surface area contributed by atoms with Crippen LogP contribution < -0.4 is 0 Å². The molecule has 0 amide bonds. The molecule has 0 spiro atoms. The largest absolute Gasteiger partial charge is 0.456 e. The normalized spacial score (nSPS) is 23.3. The average molecular weight is 608 g/mol. The first-order valence-corrected chi connectivity index (χ1v) is 14.9. The number of benzene rings is 1. The van der Waals surface area contributed by atoms with Gasteiger partial charge in [-0.05, 0) is 84.6 Å². The second-order valence-corrected chi connectivity index (χ2v) is 12.3. The molecule has 0 bridgehead atoms. The maximum absolute atomic E-state index is 12.2. The van der Waals surface area contributed by atoms with Crippen LogP contribution in [0, 0.1) is 11.8 Å². The molecule has 6 atom stereocenters. The highest BCUT2D eigenvalue weighted by molar-refractivity contribution is 9.11. The Balaban J connectivity index is 1.42. The van der Waals surface area contributed by atoms with Gasteiger partial charge in [0.05, 0.1) is 34.3 Å². The number of hydrogen-bond acceptors (Lipinski definition) is 7. The van der Waals surface area contributed by atoms with Crippen molar-refractivity contribution in [1.29, 1.82) is 0 Å². The molecule has 2 aromatic rings. The van der Waals surface area contributed by atoms with E-state index < -0.39 is 24.3 Å². The topological polar surface area (TPSA) is 96.2 Å². The van der Waals surface area contributed by atoms with Crippen molar-refractivity contribution in [2.75, 3.05) is 13.7 Å². The second-order valence-electron chi connectivity index (χ2n) is 9.73. The molecule has 1 unspecified atom stereocenters. The quantitative estimate of drug-likeness (QED) is 0.137. The van der Waals surface area contributed by atoms with Crippen LogP contribution in [0.25, 0.3) is 0 Å². The minimum atomic E-state index is -0.574. The third-order valence-electron chi connectivity index (χ3n) is 7.03. The first-order chi connectivity index (χ1) is 18.4. The third-order valence-corrected chi connectivity index (χ3v) is 8.71. The summed E-state index contributed by atoms with van der Waals surface area (Å²) in [6, 6.07) is 12.9. The molecule has 38 heavy (non-hydrogen) atoms. The van der Waals surface area contributed by atoms with Crippen molar-refractivity contribution in [3.63, 3.8) is 0 Å². The highest BCUT2D eigenvalue weighted by atomic mass is 79.9. The minimum absolute atomic E-state index is 0.0486. The Kier molecular flexibility index (Phi) is 13.2. The number of esters is 1. The summed E-state index contributed by atoms with van der Waals surface area (Å²) in [6.45, 7) is -0.213. The summed E-state index contributed by atoms with van der Waals surface area (Å²) in [5.74, 6) is -0.608. The summed E-state index contributed by atoms with van der Waals surface area (Å²) in [5.41, 5.74) is 0.472. The van der Waals surface area contributed by atoms with Crippen LogP contribution in [0.5, 0.6) is 0 Å². The summed E-state index contributed by atoms with van der Waals surface area (Å²) in [4.78, 5) is 13.5. The Hall–Kier alpha value is -1.81. The zero-order chi connectivity index (χ0) is 27.3. The van der Waals surface area contributed by atoms with Gasteiger partial charge in [0.25, 0.3) is 0 Å². The highest BCUT2D eigenvalue weighted by Crippen LogP contribution is 2.36. The van der Waals surface area contributed by atoms with Crippen molar-refractivity contribution in [2.45, 2.75) is 69.4 Å². The number of ether oxygens (including phenoxy) is 2. The molecule has 0 saturated heterocycles. The van der Waals surface area contributed by atoms with Gasteiger partial charge in [0.1, 0.15) is 6.10 Å². The number of carbonyl (C=O) groups excluding carboxylic acids is 1. The predicted molar refractivity (Wildman–Crippen MR) is 154 cm³/mol. The standard InChI is InChI=1S/C30H39BrO6S/c1-36-22(13-15-24-16-18-29(31)38-24)14-17-26-25(27(33)19-28(26)34)12-8-3-2-7-11-23(20-32)37-30(35)21-9-5-4-6-10-21/h3-6,8-10,14,16-18,22-23,25-28,32-34H,2,7,11-13,15,19-20H2,1H3/b8-3-,17-14+/t22?,23-,25-,26-,27+,28-/m1/s1. The zero-order valence-electron chi connectivity index (χ0n) is 21.8. The summed E-state index contributed by atoms with van der Waals surface area (Å²) < 4.78 is 12.2. The molecule has 1 fully saturated rings. The number of halogens is 1. The molecule has 1 aromatic heterocycles. The van der Waals surface area contributed by atoms with Gasteiger partial charge in [-0.3, -0.25) is 0 Å². The van der Waals surface area contributed by atoms with E-state index in [1.807, 2.05) is 18.2 Å². The smallest absolute Gasteiger partial charge is 0.338 e. The SMILES string of the molecule is COC(/C=C/[C@@H]1[C@@H](C/C=C\CCC[C@H](CO)OC(=O)c2ccccc2)[C@@H](O)C[C@H]1O)CCc1ccc(Br)s1. The number of allylic oxidation sites excluding steroid dienone is 2. The van der Waals surface area contributed by atoms with Crippen LogP contribution in [-0.2, 0) is 15.9 Å². The van der Waals surface area contributed by atoms with Crippen molar-refractivity contribution in [3.05, 3.63) is 81.0 Å². The molecule has 3 rings (SSSR count). The molecule has 0 aliphatic heterocycles. The van der Waals surface area contributed by atoms with Gasteiger partial charge in [0.2, 0.25) is 0 Å². The van der Waals surface area contributed by atoms with Crippen LogP contribution in [0.3, 0.4) is 0 Å². The number of unbranched alkanes of at least 4 members (excludes halogenated alkanes) is 1.